The van der Waals surface area contributed by atoms with Gasteiger partial charge in [-0.1, -0.05) is 26.0 Å². The first-order chi connectivity index (χ1) is 19.6. The average molecular weight is 582 g/mol. The Labute approximate surface area is 243 Å². The fourth-order valence-electron chi connectivity index (χ4n) is 5.59. The molecule has 11 heteroatoms. The van der Waals surface area contributed by atoms with Gasteiger partial charge in [-0.3, -0.25) is 14.5 Å². The molecular weight excluding hydrogens is 533 g/mol. The van der Waals surface area contributed by atoms with Crippen LogP contribution in [-0.4, -0.2) is 132 Å². The maximum Gasteiger partial charge on any atom is 0.256 e. The molecule has 0 radical (unpaired) electrons. The van der Waals surface area contributed by atoms with Crippen LogP contribution >= 0.6 is 0 Å². The van der Waals surface area contributed by atoms with Crippen molar-refractivity contribution < 1.29 is 38.8 Å². The summed E-state index contributed by atoms with van der Waals surface area (Å²) >= 11 is 0. The van der Waals surface area contributed by atoms with E-state index in [9.17, 15) is 29.3 Å². The number of hydrogen-bond acceptors (Lipinski definition) is 8. The van der Waals surface area contributed by atoms with Gasteiger partial charge in [0.05, 0.1) is 24.8 Å². The van der Waals surface area contributed by atoms with Gasteiger partial charge in [-0.25, -0.2) is 4.39 Å². The zero-order valence-corrected chi connectivity index (χ0v) is 24.7. The molecule has 2 saturated heterocycles. The second-order valence-electron chi connectivity index (χ2n) is 11.7. The zero-order valence-electron chi connectivity index (χ0n) is 24.7. The maximum absolute atomic E-state index is 14.8. The molecule has 3 N–H and O–H groups in total. The zero-order chi connectivity index (χ0) is 29.9. The van der Waals surface area contributed by atoms with Crippen molar-refractivity contribution in [1.82, 2.24) is 14.7 Å². The largest absolute Gasteiger partial charge is 0.393 e. The van der Waals surface area contributed by atoms with Crippen LogP contribution in [0.4, 0.5) is 4.39 Å². The van der Waals surface area contributed by atoms with Crippen molar-refractivity contribution in [3.05, 3.63) is 35.6 Å². The summed E-state index contributed by atoms with van der Waals surface area (Å²) in [6.07, 6.45) is -0.765. The lowest BCUT2D eigenvalue weighted by Gasteiger charge is -2.40. The van der Waals surface area contributed by atoms with Crippen molar-refractivity contribution in [2.24, 2.45) is 5.92 Å². The quantitative estimate of drug-likeness (QED) is 0.462. The van der Waals surface area contributed by atoms with E-state index in [4.69, 9.17) is 9.47 Å². The van der Waals surface area contributed by atoms with E-state index in [0.717, 1.165) is 0 Å². The Morgan fingerprint density at radius 2 is 1.78 bits per heavy atom. The van der Waals surface area contributed by atoms with Crippen LogP contribution in [0.3, 0.4) is 0 Å². The number of likely N-dealkylation sites (tertiary alicyclic amines) is 1. The number of methoxy groups -OCH3 is 1. The monoisotopic (exact) mass is 581 g/mol. The molecule has 1 aromatic rings. The summed E-state index contributed by atoms with van der Waals surface area (Å²) in [5.74, 6) is -1.11. The van der Waals surface area contributed by atoms with E-state index in [2.05, 4.69) is 18.7 Å². The summed E-state index contributed by atoms with van der Waals surface area (Å²) in [5.41, 5.74) is -0.116. The summed E-state index contributed by atoms with van der Waals surface area (Å²) < 4.78 is 25.9. The van der Waals surface area contributed by atoms with Crippen LogP contribution in [0, 0.1) is 11.7 Å². The Balaban J connectivity index is 1.96. The van der Waals surface area contributed by atoms with Crippen molar-refractivity contribution in [1.29, 1.82) is 0 Å². The van der Waals surface area contributed by atoms with Gasteiger partial charge in [0.1, 0.15) is 24.1 Å². The number of benzene rings is 1. The van der Waals surface area contributed by atoms with Gasteiger partial charge in [-0.05, 0) is 50.2 Å². The van der Waals surface area contributed by atoms with E-state index in [1.807, 2.05) is 4.90 Å². The molecule has 2 heterocycles. The Bertz CT molecular complexity index is 960. The molecule has 2 fully saturated rings. The Hall–Kier alpha value is -2.15. The van der Waals surface area contributed by atoms with Crippen LogP contribution < -0.4 is 0 Å². The van der Waals surface area contributed by atoms with Gasteiger partial charge in [-0.2, -0.15) is 0 Å². The fourth-order valence-corrected chi connectivity index (χ4v) is 5.59. The van der Waals surface area contributed by atoms with Gasteiger partial charge >= 0.3 is 0 Å². The van der Waals surface area contributed by atoms with Crippen LogP contribution in [0.15, 0.2) is 24.3 Å². The van der Waals surface area contributed by atoms with E-state index < -0.39 is 30.0 Å². The Kier molecular flexibility index (Phi) is 13.4. The van der Waals surface area contributed by atoms with Gasteiger partial charge in [-0.15, -0.1) is 0 Å². The van der Waals surface area contributed by atoms with Gasteiger partial charge in [0.25, 0.3) is 5.91 Å². The summed E-state index contributed by atoms with van der Waals surface area (Å²) in [6, 6.07) is 5.35. The first kappa shape index (κ1) is 33.4. The molecule has 2 aliphatic heterocycles. The Morgan fingerprint density at radius 1 is 1.07 bits per heavy atom. The highest BCUT2D eigenvalue weighted by atomic mass is 19.1. The molecule has 1 aromatic carbocycles. The smallest absolute Gasteiger partial charge is 0.256 e. The van der Waals surface area contributed by atoms with Crippen molar-refractivity contribution in [2.75, 3.05) is 59.6 Å². The van der Waals surface area contributed by atoms with Crippen molar-refractivity contribution in [3.8, 4) is 0 Å². The summed E-state index contributed by atoms with van der Waals surface area (Å²) in [6.45, 7) is 6.28. The summed E-state index contributed by atoms with van der Waals surface area (Å²) in [7, 11) is 1.38. The average Bonchev–Trinajstić information content (AvgIpc) is 2.94. The molecule has 0 spiro atoms. The maximum atomic E-state index is 14.8. The normalized spacial score (nSPS) is 26.6. The van der Waals surface area contributed by atoms with Gasteiger partial charge in [0.15, 0.2) is 0 Å². The second-order valence-corrected chi connectivity index (χ2v) is 11.7. The molecule has 2 aliphatic rings. The molecule has 0 aliphatic carbocycles. The lowest BCUT2D eigenvalue weighted by atomic mass is 9.99. The molecule has 41 heavy (non-hydrogen) atoms. The molecule has 0 saturated carbocycles. The minimum atomic E-state index is -1.35. The summed E-state index contributed by atoms with van der Waals surface area (Å²) in [4.78, 5) is 32.9. The van der Waals surface area contributed by atoms with E-state index >= 15 is 0 Å². The van der Waals surface area contributed by atoms with Gasteiger partial charge in [0, 0.05) is 52.5 Å². The number of piperidine rings is 1. The van der Waals surface area contributed by atoms with Gasteiger partial charge < -0.3 is 34.6 Å². The van der Waals surface area contributed by atoms with E-state index in [0.29, 0.717) is 58.3 Å². The highest BCUT2D eigenvalue weighted by Crippen LogP contribution is 2.21. The van der Waals surface area contributed by atoms with Crippen LogP contribution in [0.5, 0.6) is 0 Å². The number of carbonyl (C=O) groups is 2. The lowest BCUT2D eigenvalue weighted by molar-refractivity contribution is -0.137. The number of hydrogen-bond donors (Lipinski definition) is 3. The second kappa shape index (κ2) is 16.5. The SMILES string of the molecule is CO[C@@H]1CN(C(=O)c2ccccc2F)C[C@@H](CC(C)C)N(C(=O)CN2CCC(O)CC2)CCCCOC[C@@H](O)[C@H]1O. The molecular formula is C30H48FN3O7. The third-order valence-corrected chi connectivity index (χ3v) is 7.95. The van der Waals surface area contributed by atoms with Crippen LogP contribution in [0.1, 0.15) is 56.3 Å². The van der Waals surface area contributed by atoms with Crippen LogP contribution in [-0.2, 0) is 14.3 Å². The number of rotatable bonds is 6. The Morgan fingerprint density at radius 3 is 2.44 bits per heavy atom. The van der Waals surface area contributed by atoms with Crippen molar-refractivity contribution in [2.45, 2.75) is 76.4 Å². The molecule has 0 bridgehead atoms. The number of halogens is 1. The highest BCUT2D eigenvalue weighted by molar-refractivity contribution is 5.94. The minimum Gasteiger partial charge on any atom is -0.393 e. The summed E-state index contributed by atoms with van der Waals surface area (Å²) in [5, 5.41) is 31.3. The molecule has 3 rings (SSSR count). The number of nitrogens with zero attached hydrogens (tertiary/aromatic N) is 3. The predicted molar refractivity (Wildman–Crippen MR) is 152 cm³/mol. The predicted octanol–water partition coefficient (Wildman–Crippen LogP) is 1.52. The molecule has 10 nitrogen and oxygen atoms in total. The molecule has 0 unspecified atom stereocenters. The molecule has 4 atom stereocenters. The van der Waals surface area contributed by atoms with E-state index in [1.54, 1.807) is 6.07 Å². The highest BCUT2D eigenvalue weighted by Gasteiger charge is 2.35. The standard InChI is InChI=1S/C30H48FN3O7/c1-21(2)16-22-17-33(30(39)24-8-4-5-9-25(24)31)18-27(40-3)29(38)26(36)20-41-15-7-6-12-34(22)28(37)19-32-13-10-23(35)11-14-32/h4-5,8-9,21-23,26-27,29,35-36,38H,6-7,10-20H2,1-3H3/t22-,26-,27-,29-/m1/s1. The van der Waals surface area contributed by atoms with E-state index in [1.165, 1.54) is 30.2 Å². The third-order valence-electron chi connectivity index (χ3n) is 7.95. The lowest BCUT2D eigenvalue weighted by Crippen LogP contribution is -2.55. The van der Waals surface area contributed by atoms with Crippen LogP contribution in [0.2, 0.25) is 0 Å². The minimum absolute atomic E-state index is 0.0582. The van der Waals surface area contributed by atoms with Gasteiger partial charge in [0.2, 0.25) is 5.91 Å². The number of carbonyl (C=O) groups excluding carboxylic acids is 2. The third kappa shape index (κ3) is 9.97. The molecule has 2 amide bonds. The topological polar surface area (TPSA) is 123 Å². The van der Waals surface area contributed by atoms with E-state index in [-0.39, 0.29) is 55.8 Å². The van der Waals surface area contributed by atoms with Crippen LogP contribution in [0.25, 0.3) is 0 Å². The number of amides is 2. The number of ether oxygens (including phenoxy) is 2. The van der Waals surface area contributed by atoms with Crippen molar-refractivity contribution >= 4 is 11.8 Å². The number of aliphatic hydroxyl groups excluding tert-OH is 3. The molecule has 0 aromatic heterocycles. The fraction of sp³-hybridized carbons (Fsp3) is 0.733. The molecule has 232 valence electrons. The van der Waals surface area contributed by atoms with Crippen molar-refractivity contribution in [3.63, 3.8) is 0 Å². The first-order valence-electron chi connectivity index (χ1n) is 14.8. The first-order valence-corrected chi connectivity index (χ1v) is 14.8. The number of aliphatic hydroxyl groups is 3.